The maximum atomic E-state index is 5.71. The maximum absolute atomic E-state index is 5.71. The molecule has 4 nitrogen and oxygen atoms in total. The number of nitrogens with one attached hydrogen (secondary N) is 1. The standard InChI is InChI=1S/C10H16N4S/c1-4-6-7(5-2)13-14-10(12-3)8(6)9(11)15/h4-5H2,1-3H3,(H2,11,15)(H,12,14). The van der Waals surface area contributed by atoms with Crippen LogP contribution in [-0.2, 0) is 12.8 Å². The normalized spacial score (nSPS) is 10.1. The van der Waals surface area contributed by atoms with Crippen LogP contribution in [-0.4, -0.2) is 22.2 Å². The van der Waals surface area contributed by atoms with Crippen molar-refractivity contribution in [3.8, 4) is 0 Å². The molecule has 1 aromatic rings. The molecule has 1 heterocycles. The van der Waals surface area contributed by atoms with Crippen LogP contribution in [0.5, 0.6) is 0 Å². The zero-order valence-electron chi connectivity index (χ0n) is 9.29. The van der Waals surface area contributed by atoms with Crippen molar-refractivity contribution >= 4 is 23.0 Å². The zero-order chi connectivity index (χ0) is 11.4. The van der Waals surface area contributed by atoms with E-state index in [4.69, 9.17) is 18.0 Å². The van der Waals surface area contributed by atoms with Crippen molar-refractivity contribution in [2.75, 3.05) is 12.4 Å². The highest BCUT2D eigenvalue weighted by atomic mass is 32.1. The van der Waals surface area contributed by atoms with Gasteiger partial charge in [-0.1, -0.05) is 26.1 Å². The minimum Gasteiger partial charge on any atom is -0.389 e. The fourth-order valence-corrected chi connectivity index (χ4v) is 1.83. The van der Waals surface area contributed by atoms with Crippen molar-refractivity contribution in [1.29, 1.82) is 0 Å². The first kappa shape index (κ1) is 11.8. The van der Waals surface area contributed by atoms with Crippen molar-refractivity contribution in [3.63, 3.8) is 0 Å². The van der Waals surface area contributed by atoms with E-state index >= 15 is 0 Å². The lowest BCUT2D eigenvalue weighted by Crippen LogP contribution is -2.18. The van der Waals surface area contributed by atoms with Crippen LogP contribution in [0.3, 0.4) is 0 Å². The van der Waals surface area contributed by atoms with Crippen LogP contribution in [0.15, 0.2) is 0 Å². The number of aryl methyl sites for hydroxylation is 1. The summed E-state index contributed by atoms with van der Waals surface area (Å²) in [5.74, 6) is 0.663. The number of anilines is 1. The first-order valence-corrected chi connectivity index (χ1v) is 5.42. The molecule has 1 aromatic heterocycles. The molecule has 0 aliphatic heterocycles. The number of rotatable bonds is 4. The van der Waals surface area contributed by atoms with E-state index in [0.717, 1.165) is 29.7 Å². The van der Waals surface area contributed by atoms with Crippen molar-refractivity contribution in [2.45, 2.75) is 26.7 Å². The molecule has 0 saturated carbocycles. The fourth-order valence-electron chi connectivity index (χ4n) is 1.61. The molecule has 0 spiro atoms. The Hall–Kier alpha value is -1.23. The lowest BCUT2D eigenvalue weighted by atomic mass is 10.0. The van der Waals surface area contributed by atoms with Gasteiger partial charge >= 0.3 is 0 Å². The second-order valence-electron chi connectivity index (χ2n) is 3.17. The van der Waals surface area contributed by atoms with Crippen LogP contribution in [0.1, 0.15) is 30.7 Å². The van der Waals surface area contributed by atoms with Gasteiger partial charge in [-0.05, 0) is 18.4 Å². The highest BCUT2D eigenvalue weighted by Gasteiger charge is 2.15. The summed E-state index contributed by atoms with van der Waals surface area (Å²) in [5.41, 5.74) is 8.62. The van der Waals surface area contributed by atoms with Crippen LogP contribution in [0.4, 0.5) is 5.82 Å². The van der Waals surface area contributed by atoms with Crippen LogP contribution in [0.2, 0.25) is 0 Å². The molecule has 0 aliphatic rings. The van der Waals surface area contributed by atoms with E-state index < -0.39 is 0 Å². The predicted molar refractivity (Wildman–Crippen MR) is 66.2 cm³/mol. The van der Waals surface area contributed by atoms with Gasteiger partial charge in [0, 0.05) is 7.05 Å². The Bertz CT molecular complexity index is 376. The zero-order valence-corrected chi connectivity index (χ0v) is 10.1. The molecule has 5 heteroatoms. The average molecular weight is 224 g/mol. The Kier molecular flexibility index (Phi) is 3.96. The number of hydrogen-bond donors (Lipinski definition) is 2. The van der Waals surface area contributed by atoms with E-state index in [9.17, 15) is 0 Å². The molecule has 1 rings (SSSR count). The second-order valence-corrected chi connectivity index (χ2v) is 3.61. The Labute approximate surface area is 95.3 Å². The number of thiocarbonyl (C=S) groups is 1. The lowest BCUT2D eigenvalue weighted by Gasteiger charge is -2.13. The Morgan fingerprint density at radius 1 is 1.33 bits per heavy atom. The minimum atomic E-state index is 0.376. The monoisotopic (exact) mass is 224 g/mol. The van der Waals surface area contributed by atoms with Gasteiger partial charge in [-0.3, -0.25) is 0 Å². The molecule has 3 N–H and O–H groups in total. The third-order valence-corrected chi connectivity index (χ3v) is 2.53. The maximum Gasteiger partial charge on any atom is 0.158 e. The van der Waals surface area contributed by atoms with E-state index in [1.54, 1.807) is 7.05 Å². The molecular formula is C10H16N4S. The van der Waals surface area contributed by atoms with E-state index in [1.165, 1.54) is 0 Å². The summed E-state index contributed by atoms with van der Waals surface area (Å²) in [7, 11) is 1.79. The summed E-state index contributed by atoms with van der Waals surface area (Å²) in [4.78, 5) is 0.376. The molecule has 0 amide bonds. The van der Waals surface area contributed by atoms with Gasteiger partial charge in [0.15, 0.2) is 5.82 Å². The molecule has 0 aliphatic carbocycles. The number of hydrogen-bond acceptors (Lipinski definition) is 4. The number of nitrogens with zero attached hydrogens (tertiary/aromatic N) is 2. The highest BCUT2D eigenvalue weighted by Crippen LogP contribution is 2.20. The van der Waals surface area contributed by atoms with Crippen molar-refractivity contribution < 1.29 is 0 Å². The molecule has 0 bridgehead atoms. The summed E-state index contributed by atoms with van der Waals surface area (Å²) >= 11 is 5.05. The third kappa shape index (κ3) is 2.23. The second kappa shape index (κ2) is 5.02. The summed E-state index contributed by atoms with van der Waals surface area (Å²) in [6.45, 7) is 4.11. The molecule has 0 fully saturated rings. The van der Waals surface area contributed by atoms with Gasteiger partial charge in [0.2, 0.25) is 0 Å². The molecule has 0 aromatic carbocycles. The molecule has 0 unspecified atom stereocenters. The quantitative estimate of drug-likeness (QED) is 0.754. The smallest absolute Gasteiger partial charge is 0.158 e. The van der Waals surface area contributed by atoms with E-state index in [-0.39, 0.29) is 0 Å². The van der Waals surface area contributed by atoms with Gasteiger partial charge in [-0.2, -0.15) is 5.10 Å². The van der Waals surface area contributed by atoms with Gasteiger partial charge < -0.3 is 11.1 Å². The molecular weight excluding hydrogens is 208 g/mol. The summed E-state index contributed by atoms with van der Waals surface area (Å²) in [6, 6.07) is 0. The van der Waals surface area contributed by atoms with Gasteiger partial charge in [0.1, 0.15) is 4.99 Å². The number of aromatic nitrogens is 2. The highest BCUT2D eigenvalue weighted by molar-refractivity contribution is 7.80. The third-order valence-electron chi connectivity index (χ3n) is 2.33. The molecule has 0 atom stereocenters. The van der Waals surface area contributed by atoms with Crippen molar-refractivity contribution in [3.05, 3.63) is 16.8 Å². The SMILES string of the molecule is CCc1nnc(NC)c(C(N)=S)c1CC. The fraction of sp³-hybridized carbons (Fsp3) is 0.500. The van der Waals surface area contributed by atoms with Gasteiger partial charge in [0.05, 0.1) is 11.3 Å². The molecule has 0 radical (unpaired) electrons. The van der Waals surface area contributed by atoms with Crippen molar-refractivity contribution in [2.24, 2.45) is 5.73 Å². The molecule has 82 valence electrons. The van der Waals surface area contributed by atoms with Crippen molar-refractivity contribution in [1.82, 2.24) is 10.2 Å². The minimum absolute atomic E-state index is 0.376. The Morgan fingerprint density at radius 3 is 2.40 bits per heavy atom. The van der Waals surface area contributed by atoms with Crippen LogP contribution in [0, 0.1) is 0 Å². The van der Waals surface area contributed by atoms with Gasteiger partial charge in [-0.25, -0.2) is 0 Å². The molecule has 0 saturated heterocycles. The first-order chi connectivity index (χ1) is 7.15. The topological polar surface area (TPSA) is 63.8 Å². The van der Waals surface area contributed by atoms with E-state index in [0.29, 0.717) is 10.8 Å². The first-order valence-electron chi connectivity index (χ1n) is 5.01. The van der Waals surface area contributed by atoms with Crippen LogP contribution in [0.25, 0.3) is 0 Å². The lowest BCUT2D eigenvalue weighted by molar-refractivity contribution is 0.878. The Morgan fingerprint density at radius 2 is 2.00 bits per heavy atom. The molecule has 15 heavy (non-hydrogen) atoms. The van der Waals surface area contributed by atoms with Crippen LogP contribution >= 0.6 is 12.2 Å². The summed E-state index contributed by atoms with van der Waals surface area (Å²) in [6.07, 6.45) is 1.70. The Balaban J connectivity index is 3.44. The van der Waals surface area contributed by atoms with E-state index in [2.05, 4.69) is 22.4 Å². The summed E-state index contributed by atoms with van der Waals surface area (Å²) < 4.78 is 0. The summed E-state index contributed by atoms with van der Waals surface area (Å²) in [5, 5.41) is 11.2. The average Bonchev–Trinajstić information content (AvgIpc) is 2.26. The van der Waals surface area contributed by atoms with Gasteiger partial charge in [0.25, 0.3) is 0 Å². The number of nitrogens with two attached hydrogens (primary N) is 1. The largest absolute Gasteiger partial charge is 0.389 e. The van der Waals surface area contributed by atoms with Crippen LogP contribution < -0.4 is 11.1 Å². The predicted octanol–water partition coefficient (Wildman–Crippen LogP) is 1.28. The van der Waals surface area contributed by atoms with E-state index in [1.807, 2.05) is 6.92 Å². The van der Waals surface area contributed by atoms with Gasteiger partial charge in [-0.15, -0.1) is 5.10 Å².